The van der Waals surface area contributed by atoms with Crippen LogP contribution in [0, 0.1) is 5.82 Å². The number of phenolic OH excluding ortho intramolecular Hbond substituents is 1. The minimum atomic E-state index is -0.824. The number of anilines is 1. The number of nitrogens with zero attached hydrogens (tertiary/aromatic N) is 3. The maximum Gasteiger partial charge on any atom is 0.243 e. The maximum atomic E-state index is 13.3. The lowest BCUT2D eigenvalue weighted by molar-refractivity contribution is -0.123. The minimum absolute atomic E-state index is 0.0600. The van der Waals surface area contributed by atoms with Crippen molar-refractivity contribution in [2.45, 2.75) is 17.4 Å². The number of β-lactam (4-membered cyclic amide) rings is 1. The summed E-state index contributed by atoms with van der Waals surface area (Å²) in [6.45, 7) is 0. The van der Waals surface area contributed by atoms with Crippen molar-refractivity contribution >= 4 is 23.4 Å². The Balaban J connectivity index is 1.37. The molecule has 1 amide bonds. The van der Waals surface area contributed by atoms with Gasteiger partial charge in [-0.05, 0) is 53.1 Å². The van der Waals surface area contributed by atoms with Crippen molar-refractivity contribution in [1.82, 2.24) is 9.97 Å². The van der Waals surface area contributed by atoms with Gasteiger partial charge in [-0.2, -0.15) is 0 Å². The van der Waals surface area contributed by atoms with Gasteiger partial charge in [-0.3, -0.25) is 4.79 Å². The number of phenols is 1. The van der Waals surface area contributed by atoms with Gasteiger partial charge in [0.1, 0.15) is 23.1 Å². The van der Waals surface area contributed by atoms with Crippen LogP contribution in [0.1, 0.15) is 23.3 Å². The molecule has 1 aromatic heterocycles. The van der Waals surface area contributed by atoms with Gasteiger partial charge < -0.3 is 15.1 Å². The summed E-state index contributed by atoms with van der Waals surface area (Å²) in [6.07, 6.45) is 4.11. The fraction of sp³-hybridized carbons (Fsp3) is 0.148. The second kappa shape index (κ2) is 9.85. The second-order valence-corrected chi connectivity index (χ2v) is 9.41. The van der Waals surface area contributed by atoms with Crippen molar-refractivity contribution in [2.24, 2.45) is 0 Å². The molecule has 0 aliphatic carbocycles. The Labute approximate surface area is 206 Å². The van der Waals surface area contributed by atoms with Crippen molar-refractivity contribution in [1.29, 1.82) is 0 Å². The van der Waals surface area contributed by atoms with Crippen LogP contribution in [0.2, 0.25) is 0 Å². The van der Waals surface area contributed by atoms with Crippen LogP contribution >= 0.6 is 11.8 Å². The van der Waals surface area contributed by atoms with Crippen LogP contribution < -0.4 is 4.90 Å². The number of aliphatic hydroxyl groups is 1. The predicted molar refractivity (Wildman–Crippen MR) is 133 cm³/mol. The van der Waals surface area contributed by atoms with Gasteiger partial charge in [0.05, 0.1) is 12.1 Å². The normalized spacial score (nSPS) is 18.2. The number of thioether (sulfide) groups is 1. The summed E-state index contributed by atoms with van der Waals surface area (Å²) in [6, 6.07) is 19.9. The molecule has 0 spiro atoms. The summed E-state index contributed by atoms with van der Waals surface area (Å²) in [5.74, 6) is 0.0142. The molecule has 2 N–H and O–H groups in total. The third-order valence-electron chi connectivity index (χ3n) is 6.01. The summed E-state index contributed by atoms with van der Waals surface area (Å²) in [5.41, 5.74) is 4.06. The molecule has 6 nitrogen and oxygen atoms in total. The number of halogens is 1. The van der Waals surface area contributed by atoms with E-state index < -0.39 is 11.4 Å². The molecule has 3 atom stereocenters. The third-order valence-corrected chi connectivity index (χ3v) is 7.33. The topological polar surface area (TPSA) is 86.5 Å². The summed E-state index contributed by atoms with van der Waals surface area (Å²) in [5, 5.41) is 19.9. The SMILES string of the molecule is O=C1[C@H](SC[C@@H](O)c2ccc(F)cc2)[C@@H](c2ccc(O)cc2)N1c1ccc(-c2cncnc2)cc1. The van der Waals surface area contributed by atoms with Gasteiger partial charge >= 0.3 is 0 Å². The lowest BCUT2D eigenvalue weighted by Crippen LogP contribution is -2.57. The van der Waals surface area contributed by atoms with Crippen molar-refractivity contribution in [3.63, 3.8) is 0 Å². The number of amides is 1. The summed E-state index contributed by atoms with van der Waals surface area (Å²) < 4.78 is 13.2. The van der Waals surface area contributed by atoms with Crippen LogP contribution in [-0.2, 0) is 4.79 Å². The molecule has 1 aliphatic heterocycles. The third kappa shape index (κ3) is 4.76. The number of aliphatic hydroxyl groups excluding tert-OH is 1. The molecular weight excluding hydrogens is 465 g/mol. The highest BCUT2D eigenvalue weighted by atomic mass is 32.2. The average Bonchev–Trinajstić information content (AvgIpc) is 2.89. The summed E-state index contributed by atoms with van der Waals surface area (Å²) in [4.78, 5) is 23.1. The number of aromatic hydroxyl groups is 1. The van der Waals surface area contributed by atoms with E-state index in [0.717, 1.165) is 22.4 Å². The first kappa shape index (κ1) is 23.0. The molecule has 35 heavy (non-hydrogen) atoms. The zero-order valence-electron chi connectivity index (χ0n) is 18.5. The first-order chi connectivity index (χ1) is 17.0. The van der Waals surface area contributed by atoms with Gasteiger partial charge in [-0.25, -0.2) is 14.4 Å². The Bertz CT molecular complexity index is 1300. The van der Waals surface area contributed by atoms with E-state index in [1.165, 1.54) is 30.2 Å². The molecule has 4 aromatic rings. The predicted octanol–water partition coefficient (Wildman–Crippen LogP) is 4.91. The van der Waals surface area contributed by atoms with Gasteiger partial charge in [-0.1, -0.05) is 36.4 Å². The van der Waals surface area contributed by atoms with Crippen LogP contribution in [0.15, 0.2) is 91.5 Å². The molecule has 176 valence electrons. The van der Waals surface area contributed by atoms with E-state index in [1.807, 2.05) is 24.3 Å². The molecule has 0 bridgehead atoms. The lowest BCUT2D eigenvalue weighted by atomic mass is 9.92. The summed E-state index contributed by atoms with van der Waals surface area (Å²) in [7, 11) is 0. The monoisotopic (exact) mass is 487 g/mol. The van der Waals surface area contributed by atoms with Gasteiger partial charge in [0.25, 0.3) is 0 Å². The molecular formula is C27H22FN3O3S. The highest BCUT2D eigenvalue weighted by Gasteiger charge is 2.49. The molecule has 2 heterocycles. The van der Waals surface area contributed by atoms with E-state index in [4.69, 9.17) is 0 Å². The first-order valence-corrected chi connectivity index (χ1v) is 12.1. The number of hydrogen-bond donors (Lipinski definition) is 2. The largest absolute Gasteiger partial charge is 0.508 e. The Morgan fingerprint density at radius 3 is 2.23 bits per heavy atom. The maximum absolute atomic E-state index is 13.3. The number of carbonyl (C=O) groups excluding carboxylic acids is 1. The molecule has 0 saturated carbocycles. The van der Waals surface area contributed by atoms with Gasteiger partial charge in [0.2, 0.25) is 5.91 Å². The van der Waals surface area contributed by atoms with E-state index >= 15 is 0 Å². The first-order valence-electron chi connectivity index (χ1n) is 11.0. The van der Waals surface area contributed by atoms with Crippen molar-refractivity contribution in [3.8, 4) is 16.9 Å². The van der Waals surface area contributed by atoms with E-state index in [1.54, 1.807) is 53.7 Å². The van der Waals surface area contributed by atoms with Crippen molar-refractivity contribution < 1.29 is 19.4 Å². The number of carbonyl (C=O) groups is 1. The van der Waals surface area contributed by atoms with E-state index in [-0.39, 0.29) is 29.3 Å². The van der Waals surface area contributed by atoms with Crippen molar-refractivity contribution in [3.05, 3.63) is 108 Å². The lowest BCUT2D eigenvalue weighted by Gasteiger charge is -2.47. The highest BCUT2D eigenvalue weighted by molar-refractivity contribution is 8.00. The molecule has 1 fully saturated rings. The molecule has 0 unspecified atom stereocenters. The molecule has 0 radical (unpaired) electrons. The zero-order chi connectivity index (χ0) is 24.4. The molecule has 1 saturated heterocycles. The minimum Gasteiger partial charge on any atom is -0.508 e. The van der Waals surface area contributed by atoms with E-state index in [0.29, 0.717) is 5.56 Å². The zero-order valence-corrected chi connectivity index (χ0v) is 19.3. The number of benzene rings is 3. The number of rotatable bonds is 7. The molecule has 3 aromatic carbocycles. The standard InChI is InChI=1S/C27H22FN3O3S/c28-21-7-1-18(2-8-21)24(33)15-35-26-25(19-5-11-23(32)12-6-19)31(27(26)34)22-9-3-17(4-10-22)20-13-29-16-30-14-20/h1-14,16,24-26,32-33H,15H2/t24-,25-,26-/m1/s1. The molecule has 5 rings (SSSR count). The smallest absolute Gasteiger partial charge is 0.243 e. The summed E-state index contributed by atoms with van der Waals surface area (Å²) >= 11 is 1.37. The Morgan fingerprint density at radius 2 is 1.57 bits per heavy atom. The Hall–Kier alpha value is -3.75. The van der Waals surface area contributed by atoms with E-state index in [2.05, 4.69) is 9.97 Å². The van der Waals surface area contributed by atoms with E-state index in [9.17, 15) is 19.4 Å². The Kier molecular flexibility index (Phi) is 6.48. The second-order valence-electron chi connectivity index (χ2n) is 8.24. The van der Waals surface area contributed by atoms with Crippen molar-refractivity contribution in [2.75, 3.05) is 10.7 Å². The molecule has 8 heteroatoms. The van der Waals surface area contributed by atoms with Gasteiger partial charge in [0.15, 0.2) is 0 Å². The van der Waals surface area contributed by atoms with Crippen LogP contribution in [-0.4, -0.2) is 37.1 Å². The fourth-order valence-electron chi connectivity index (χ4n) is 4.15. The van der Waals surface area contributed by atoms with Gasteiger partial charge in [0, 0.05) is 29.4 Å². The average molecular weight is 488 g/mol. The number of aromatic nitrogens is 2. The fourth-order valence-corrected chi connectivity index (χ4v) is 5.45. The highest BCUT2D eigenvalue weighted by Crippen LogP contribution is 2.46. The van der Waals surface area contributed by atoms with Crippen LogP contribution in [0.5, 0.6) is 5.75 Å². The molecule has 1 aliphatic rings. The van der Waals surface area contributed by atoms with Crippen LogP contribution in [0.3, 0.4) is 0 Å². The Morgan fingerprint density at radius 1 is 0.914 bits per heavy atom. The van der Waals surface area contributed by atoms with Crippen LogP contribution in [0.25, 0.3) is 11.1 Å². The van der Waals surface area contributed by atoms with Crippen LogP contribution in [0.4, 0.5) is 10.1 Å². The van der Waals surface area contributed by atoms with Gasteiger partial charge in [-0.15, -0.1) is 11.8 Å². The number of hydrogen-bond acceptors (Lipinski definition) is 6. The quantitative estimate of drug-likeness (QED) is 0.360.